The Kier molecular flexibility index (Phi) is 8.29. The van der Waals surface area contributed by atoms with Gasteiger partial charge in [0.25, 0.3) is 0 Å². The highest BCUT2D eigenvalue weighted by Gasteiger charge is 2.20. The van der Waals surface area contributed by atoms with Gasteiger partial charge in [-0.2, -0.15) is 0 Å². The fourth-order valence-electron chi connectivity index (χ4n) is 9.11. The summed E-state index contributed by atoms with van der Waals surface area (Å²) < 4.78 is 15.3. The minimum Gasteiger partial charge on any atom is -0.456 e. The maximum absolute atomic E-state index is 6.47. The molecule has 13 rings (SSSR count). The zero-order valence-electron chi connectivity index (χ0n) is 34.1. The van der Waals surface area contributed by atoms with Crippen LogP contribution in [0.15, 0.2) is 209 Å². The van der Waals surface area contributed by atoms with Crippen LogP contribution < -0.4 is 5.32 Å². The van der Waals surface area contributed by atoms with Crippen molar-refractivity contribution in [2.75, 3.05) is 5.32 Å². The molecule has 0 atom stereocenters. The Hall–Kier alpha value is -8.39. The predicted molar refractivity (Wildman–Crippen MR) is 264 cm³/mol. The first-order valence-electron chi connectivity index (χ1n) is 21.2. The van der Waals surface area contributed by atoms with Crippen molar-refractivity contribution in [3.8, 4) is 56.4 Å². The standard InChI is InChI=1S/C57H34N4O2S/c1-3-13-34(14-4-1)39-17-7-9-22-47(39)58-38-27-29-49-46(33-38)53-40(19-12-24-50(53)62-49)36-26-30-51-45(31-36)42-28-25-37(32-52(42)64-51)56-59-55(35-15-5-2-6-16-35)60-57(61-56)44-21-11-20-43-41-18-8-10-23-48(41)63-54(43)44/h1-33,58H. The SMILES string of the molecule is c1ccc(-c2nc(-c3ccc4c(c3)sc3ccc(-c5cccc6oc7ccc(Nc8ccccc8-c8ccccc8)cc7c56)cc34)nc(-c3cccc4c3oc3ccccc34)n2)cc1. The van der Waals surface area contributed by atoms with E-state index in [-0.39, 0.29) is 0 Å². The number of fused-ring (bicyclic) bond motifs is 9. The molecule has 0 radical (unpaired) electrons. The molecule has 0 amide bonds. The molecule has 4 heterocycles. The summed E-state index contributed by atoms with van der Waals surface area (Å²) in [6, 6.07) is 69.3. The van der Waals surface area contributed by atoms with Crippen LogP contribution in [0.25, 0.3) is 120 Å². The number of hydrogen-bond donors (Lipinski definition) is 1. The lowest BCUT2D eigenvalue weighted by molar-refractivity contribution is 0.669. The lowest BCUT2D eigenvalue weighted by Crippen LogP contribution is -2.00. The largest absolute Gasteiger partial charge is 0.456 e. The average Bonchev–Trinajstić information content (AvgIpc) is 4.05. The van der Waals surface area contributed by atoms with E-state index in [0.29, 0.717) is 17.5 Å². The minimum absolute atomic E-state index is 0.565. The second-order valence-electron chi connectivity index (χ2n) is 16.0. The second kappa shape index (κ2) is 14.6. The van der Waals surface area contributed by atoms with Crippen LogP contribution in [-0.4, -0.2) is 15.0 Å². The van der Waals surface area contributed by atoms with Crippen molar-refractivity contribution >= 4 is 86.8 Å². The summed E-state index contributed by atoms with van der Waals surface area (Å²) in [6.07, 6.45) is 0. The van der Waals surface area contributed by atoms with Crippen molar-refractivity contribution in [2.45, 2.75) is 0 Å². The highest BCUT2D eigenvalue weighted by atomic mass is 32.1. The number of benzene rings is 9. The molecule has 4 aromatic heterocycles. The van der Waals surface area contributed by atoms with E-state index in [1.54, 1.807) is 11.3 Å². The zero-order valence-corrected chi connectivity index (χ0v) is 34.9. The van der Waals surface area contributed by atoms with Gasteiger partial charge >= 0.3 is 0 Å². The van der Waals surface area contributed by atoms with Crippen LogP contribution in [0.4, 0.5) is 11.4 Å². The average molecular weight is 839 g/mol. The van der Waals surface area contributed by atoms with Crippen molar-refractivity contribution in [3.05, 3.63) is 200 Å². The number of aromatic nitrogens is 3. The smallest absolute Gasteiger partial charge is 0.167 e. The lowest BCUT2D eigenvalue weighted by Gasteiger charge is -2.12. The molecule has 0 unspecified atom stereocenters. The van der Waals surface area contributed by atoms with Gasteiger partial charge in [-0.3, -0.25) is 0 Å². The molecular weight excluding hydrogens is 805 g/mol. The van der Waals surface area contributed by atoms with E-state index in [1.807, 2.05) is 66.7 Å². The highest BCUT2D eigenvalue weighted by molar-refractivity contribution is 7.25. The fraction of sp³-hybridized carbons (Fsp3) is 0. The number of anilines is 2. The molecule has 64 heavy (non-hydrogen) atoms. The van der Waals surface area contributed by atoms with Gasteiger partial charge in [0, 0.05) is 69.8 Å². The molecule has 0 bridgehead atoms. The number of nitrogens with zero attached hydrogens (tertiary/aromatic N) is 3. The van der Waals surface area contributed by atoms with Crippen LogP contribution in [0.5, 0.6) is 0 Å². The molecular formula is C57H34N4O2S. The summed E-state index contributed by atoms with van der Waals surface area (Å²) in [5, 5.41) is 10.3. The third-order valence-electron chi connectivity index (χ3n) is 12.1. The van der Waals surface area contributed by atoms with Gasteiger partial charge in [0.1, 0.15) is 22.3 Å². The Labute approximate surface area is 370 Å². The maximum Gasteiger partial charge on any atom is 0.167 e. The Morgan fingerprint density at radius 3 is 1.92 bits per heavy atom. The van der Waals surface area contributed by atoms with Gasteiger partial charge in [-0.25, -0.2) is 15.0 Å². The maximum atomic E-state index is 6.47. The topological polar surface area (TPSA) is 77.0 Å². The van der Waals surface area contributed by atoms with Gasteiger partial charge in [0.2, 0.25) is 0 Å². The van der Waals surface area contributed by atoms with E-state index < -0.39 is 0 Å². The van der Waals surface area contributed by atoms with Crippen molar-refractivity contribution < 1.29 is 8.83 Å². The van der Waals surface area contributed by atoms with Crippen molar-refractivity contribution in [1.29, 1.82) is 0 Å². The first kappa shape index (κ1) is 36.3. The normalized spacial score (nSPS) is 11.8. The fourth-order valence-corrected chi connectivity index (χ4v) is 10.2. The number of furan rings is 2. The molecule has 6 nitrogen and oxygen atoms in total. The molecule has 0 saturated carbocycles. The molecule has 0 aliphatic rings. The third kappa shape index (κ3) is 6.05. The van der Waals surface area contributed by atoms with Gasteiger partial charge in [-0.15, -0.1) is 11.3 Å². The first-order chi connectivity index (χ1) is 31.7. The van der Waals surface area contributed by atoms with E-state index >= 15 is 0 Å². The number of hydrogen-bond acceptors (Lipinski definition) is 7. The lowest BCUT2D eigenvalue weighted by atomic mass is 9.97. The molecule has 0 aliphatic carbocycles. The van der Waals surface area contributed by atoms with Gasteiger partial charge < -0.3 is 14.2 Å². The first-order valence-corrected chi connectivity index (χ1v) is 22.1. The van der Waals surface area contributed by atoms with Crippen molar-refractivity contribution in [1.82, 2.24) is 15.0 Å². The highest BCUT2D eigenvalue weighted by Crippen LogP contribution is 2.43. The molecule has 0 aliphatic heterocycles. The molecule has 9 aromatic carbocycles. The molecule has 0 fully saturated rings. The Balaban J connectivity index is 0.899. The number of rotatable bonds is 7. The second-order valence-corrected chi connectivity index (χ2v) is 17.1. The van der Waals surface area contributed by atoms with Gasteiger partial charge in [-0.1, -0.05) is 140 Å². The van der Waals surface area contributed by atoms with E-state index in [4.69, 9.17) is 23.8 Å². The molecule has 1 N–H and O–H groups in total. The van der Waals surface area contributed by atoms with Crippen LogP contribution in [0.3, 0.4) is 0 Å². The van der Waals surface area contributed by atoms with Crippen LogP contribution in [0.2, 0.25) is 0 Å². The van der Waals surface area contributed by atoms with Gasteiger partial charge in [0.15, 0.2) is 17.5 Å². The Morgan fingerprint density at radius 2 is 1.03 bits per heavy atom. The third-order valence-corrected chi connectivity index (χ3v) is 13.3. The molecule has 0 spiro atoms. The predicted octanol–water partition coefficient (Wildman–Crippen LogP) is 16.1. The molecule has 0 saturated heterocycles. The van der Waals surface area contributed by atoms with Gasteiger partial charge in [0.05, 0.1) is 5.56 Å². The van der Waals surface area contributed by atoms with Crippen LogP contribution in [-0.2, 0) is 0 Å². The number of thiophene rings is 1. The Bertz CT molecular complexity index is 3950. The summed E-state index contributed by atoms with van der Waals surface area (Å²) in [6.45, 7) is 0. The molecule has 300 valence electrons. The van der Waals surface area contributed by atoms with Crippen molar-refractivity contribution in [3.63, 3.8) is 0 Å². The summed E-state index contributed by atoms with van der Waals surface area (Å²) in [5.41, 5.74) is 12.6. The number of para-hydroxylation sites is 3. The van der Waals surface area contributed by atoms with Crippen LogP contribution in [0, 0.1) is 0 Å². The quantitative estimate of drug-likeness (QED) is 0.172. The molecule has 7 heteroatoms. The molecule has 13 aromatic rings. The van der Waals surface area contributed by atoms with E-state index in [2.05, 4.69) is 139 Å². The zero-order chi connectivity index (χ0) is 42.1. The summed E-state index contributed by atoms with van der Waals surface area (Å²) in [7, 11) is 0. The number of nitrogens with one attached hydrogen (secondary N) is 1. The summed E-state index contributed by atoms with van der Waals surface area (Å²) in [4.78, 5) is 15.3. The van der Waals surface area contributed by atoms with Gasteiger partial charge in [-0.05, 0) is 77.4 Å². The van der Waals surface area contributed by atoms with E-state index in [0.717, 1.165) is 93.3 Å². The van der Waals surface area contributed by atoms with Crippen molar-refractivity contribution in [2.24, 2.45) is 0 Å². The van der Waals surface area contributed by atoms with E-state index in [9.17, 15) is 0 Å². The Morgan fingerprint density at radius 1 is 0.359 bits per heavy atom. The van der Waals surface area contributed by atoms with E-state index in [1.165, 1.54) is 21.0 Å². The van der Waals surface area contributed by atoms with Crippen LogP contribution >= 0.6 is 11.3 Å². The summed E-state index contributed by atoms with van der Waals surface area (Å²) >= 11 is 1.78. The van der Waals surface area contributed by atoms with Crippen LogP contribution in [0.1, 0.15) is 0 Å². The minimum atomic E-state index is 0.565. The summed E-state index contributed by atoms with van der Waals surface area (Å²) in [5.74, 6) is 1.78. The monoisotopic (exact) mass is 838 g/mol.